The highest BCUT2D eigenvalue weighted by molar-refractivity contribution is 6.10. The normalized spacial score (nSPS) is 12.0. The highest BCUT2D eigenvalue weighted by Gasteiger charge is 2.25. The van der Waals surface area contributed by atoms with E-state index in [0.717, 1.165) is 66.7 Å². The molecule has 7 aromatic carbocycles. The molecule has 4 nitrogen and oxygen atoms in total. The molecule has 4 heteroatoms. The van der Waals surface area contributed by atoms with Gasteiger partial charge in [-0.25, -0.2) is 4.98 Å². The number of nitrogens with zero attached hydrogens (tertiary/aromatic N) is 2. The smallest absolute Gasteiger partial charge is 0.149 e. The van der Waals surface area contributed by atoms with Gasteiger partial charge in [0.2, 0.25) is 0 Å². The van der Waals surface area contributed by atoms with Gasteiger partial charge in [0.1, 0.15) is 28.3 Å². The number of aromatic nitrogens is 2. The first-order valence-electron chi connectivity index (χ1n) is 19.2. The van der Waals surface area contributed by atoms with Gasteiger partial charge in [-0.05, 0) is 99.8 Å². The quantitative estimate of drug-likeness (QED) is 0.165. The standard InChI is InChI=1S/C51H40N2O2/c1-31(2)42-27-38(35-23-21-34(22-24-35)33-13-6-5-7-14-33)28-43(32(3)4)49(42)53-45-19-10-9-18-44(45)52-51(53)41-17-12-16-40-39-26-25-37(30-48(39)55-50(40)41)47-29-36-15-8-11-20-46(36)54-47/h5-32H,1-4H3. The van der Waals surface area contributed by atoms with E-state index in [-0.39, 0.29) is 11.8 Å². The summed E-state index contributed by atoms with van der Waals surface area (Å²) in [7, 11) is 0. The van der Waals surface area contributed by atoms with Crippen LogP contribution < -0.4 is 0 Å². The van der Waals surface area contributed by atoms with Crippen LogP contribution in [0.4, 0.5) is 0 Å². The third-order valence-corrected chi connectivity index (χ3v) is 11.0. The molecule has 3 heterocycles. The minimum absolute atomic E-state index is 0.253. The lowest BCUT2D eigenvalue weighted by atomic mass is 9.87. The lowest BCUT2D eigenvalue weighted by molar-refractivity contribution is 0.630. The fourth-order valence-corrected chi connectivity index (χ4v) is 8.16. The Morgan fingerprint density at radius 1 is 0.491 bits per heavy atom. The van der Waals surface area contributed by atoms with E-state index in [0.29, 0.717) is 0 Å². The predicted molar refractivity (Wildman–Crippen MR) is 228 cm³/mol. The van der Waals surface area contributed by atoms with Crippen LogP contribution in [0.1, 0.15) is 50.7 Å². The van der Waals surface area contributed by atoms with Gasteiger partial charge in [-0.1, -0.05) is 131 Å². The van der Waals surface area contributed by atoms with Crippen LogP contribution in [0.5, 0.6) is 0 Å². The molecular formula is C51H40N2O2. The van der Waals surface area contributed by atoms with Crippen LogP contribution in [0.2, 0.25) is 0 Å². The molecule has 55 heavy (non-hydrogen) atoms. The molecule has 266 valence electrons. The van der Waals surface area contributed by atoms with Gasteiger partial charge >= 0.3 is 0 Å². The molecule has 0 unspecified atom stereocenters. The van der Waals surface area contributed by atoms with Crippen LogP contribution in [0.25, 0.3) is 94.6 Å². The van der Waals surface area contributed by atoms with Crippen molar-refractivity contribution in [2.24, 2.45) is 0 Å². The van der Waals surface area contributed by atoms with Gasteiger partial charge in [0.15, 0.2) is 0 Å². The second kappa shape index (κ2) is 13.0. The van der Waals surface area contributed by atoms with Gasteiger partial charge in [-0.3, -0.25) is 4.57 Å². The second-order valence-electron chi connectivity index (χ2n) is 15.2. The molecule has 0 radical (unpaired) electrons. The molecule has 0 N–H and O–H groups in total. The van der Waals surface area contributed by atoms with E-state index in [4.69, 9.17) is 13.8 Å². The van der Waals surface area contributed by atoms with Crippen LogP contribution in [0.3, 0.4) is 0 Å². The van der Waals surface area contributed by atoms with Crippen molar-refractivity contribution in [2.75, 3.05) is 0 Å². The molecule has 0 spiro atoms. The van der Waals surface area contributed by atoms with Crippen molar-refractivity contribution in [3.05, 3.63) is 169 Å². The van der Waals surface area contributed by atoms with Crippen molar-refractivity contribution in [1.82, 2.24) is 9.55 Å². The van der Waals surface area contributed by atoms with Crippen LogP contribution in [0.15, 0.2) is 167 Å². The van der Waals surface area contributed by atoms with Gasteiger partial charge < -0.3 is 8.83 Å². The number of benzene rings is 7. The molecule has 0 fully saturated rings. The zero-order chi connectivity index (χ0) is 37.2. The van der Waals surface area contributed by atoms with Crippen LogP contribution in [-0.2, 0) is 0 Å². The van der Waals surface area contributed by atoms with Crippen LogP contribution in [0, 0.1) is 0 Å². The van der Waals surface area contributed by atoms with Crippen molar-refractivity contribution in [3.8, 4) is 50.7 Å². The number of para-hydroxylation sites is 4. The fraction of sp³-hybridized carbons (Fsp3) is 0.118. The van der Waals surface area contributed by atoms with Gasteiger partial charge in [0, 0.05) is 21.7 Å². The molecule has 0 aliphatic rings. The average molecular weight is 713 g/mol. The van der Waals surface area contributed by atoms with Crippen molar-refractivity contribution in [3.63, 3.8) is 0 Å². The van der Waals surface area contributed by atoms with Crippen molar-refractivity contribution in [2.45, 2.75) is 39.5 Å². The third-order valence-electron chi connectivity index (χ3n) is 11.0. The zero-order valence-electron chi connectivity index (χ0n) is 31.4. The first-order valence-corrected chi connectivity index (χ1v) is 19.2. The summed E-state index contributed by atoms with van der Waals surface area (Å²) in [6.07, 6.45) is 0. The van der Waals surface area contributed by atoms with E-state index in [1.165, 1.54) is 39.1 Å². The van der Waals surface area contributed by atoms with E-state index in [1.807, 2.05) is 18.2 Å². The Bertz CT molecular complexity index is 2970. The van der Waals surface area contributed by atoms with Crippen molar-refractivity contribution in [1.29, 1.82) is 0 Å². The lowest BCUT2D eigenvalue weighted by Crippen LogP contribution is -2.09. The Morgan fingerprint density at radius 3 is 1.89 bits per heavy atom. The van der Waals surface area contributed by atoms with Gasteiger partial charge in [-0.15, -0.1) is 0 Å². The van der Waals surface area contributed by atoms with E-state index >= 15 is 0 Å². The molecule has 3 aromatic heterocycles. The molecule has 0 bridgehead atoms. The molecule has 0 saturated carbocycles. The van der Waals surface area contributed by atoms with Gasteiger partial charge in [0.05, 0.1) is 22.3 Å². The SMILES string of the molecule is CC(C)c1cc(-c2ccc(-c3ccccc3)cc2)cc(C(C)C)c1-n1c(-c2cccc3c2oc2cc(-c4cc5ccccc5o4)ccc23)nc2ccccc21. The largest absolute Gasteiger partial charge is 0.456 e. The number of rotatable bonds is 7. The van der Waals surface area contributed by atoms with Crippen molar-refractivity contribution < 1.29 is 8.83 Å². The fourth-order valence-electron chi connectivity index (χ4n) is 8.16. The molecule has 0 aliphatic heterocycles. The van der Waals surface area contributed by atoms with E-state index in [9.17, 15) is 0 Å². The van der Waals surface area contributed by atoms with E-state index < -0.39 is 0 Å². The molecule has 10 aromatic rings. The third kappa shape index (κ3) is 5.56. The first kappa shape index (κ1) is 33.0. The zero-order valence-corrected chi connectivity index (χ0v) is 31.4. The van der Waals surface area contributed by atoms with Crippen molar-refractivity contribution >= 4 is 43.9 Å². The maximum atomic E-state index is 6.84. The summed E-state index contributed by atoms with van der Waals surface area (Å²) in [6.45, 7) is 9.18. The van der Waals surface area contributed by atoms with Crippen LogP contribution >= 0.6 is 0 Å². The minimum atomic E-state index is 0.253. The summed E-state index contributed by atoms with van der Waals surface area (Å²) in [4.78, 5) is 5.38. The van der Waals surface area contributed by atoms with E-state index in [2.05, 4.69) is 172 Å². The Kier molecular flexibility index (Phi) is 7.81. The summed E-state index contributed by atoms with van der Waals surface area (Å²) >= 11 is 0. The molecule has 0 aliphatic carbocycles. The summed E-state index contributed by atoms with van der Waals surface area (Å²) in [6, 6.07) is 55.8. The van der Waals surface area contributed by atoms with E-state index in [1.54, 1.807) is 0 Å². The highest BCUT2D eigenvalue weighted by atomic mass is 16.3. The van der Waals surface area contributed by atoms with Gasteiger partial charge in [0.25, 0.3) is 0 Å². The monoisotopic (exact) mass is 712 g/mol. The molecule has 0 saturated heterocycles. The van der Waals surface area contributed by atoms with Crippen LogP contribution in [-0.4, -0.2) is 9.55 Å². The summed E-state index contributed by atoms with van der Waals surface area (Å²) in [5, 5.41) is 3.20. The maximum absolute atomic E-state index is 6.84. The lowest BCUT2D eigenvalue weighted by Gasteiger charge is -2.24. The Hall–Kier alpha value is -6.65. The molecule has 0 atom stereocenters. The maximum Gasteiger partial charge on any atom is 0.149 e. The molecule has 0 amide bonds. The summed E-state index contributed by atoms with van der Waals surface area (Å²) < 4.78 is 15.5. The number of imidazole rings is 1. The van der Waals surface area contributed by atoms with Gasteiger partial charge in [-0.2, -0.15) is 0 Å². The second-order valence-corrected chi connectivity index (χ2v) is 15.2. The number of hydrogen-bond acceptors (Lipinski definition) is 3. The summed E-state index contributed by atoms with van der Waals surface area (Å²) in [5.74, 6) is 2.20. The Balaban J connectivity index is 1.16. The summed E-state index contributed by atoms with van der Waals surface area (Å²) in [5.41, 5.74) is 15.1. The first-order chi connectivity index (χ1) is 26.9. The average Bonchev–Trinajstić information content (AvgIpc) is 3.94. The topological polar surface area (TPSA) is 44.1 Å². The molecule has 10 rings (SSSR count). The Morgan fingerprint density at radius 2 is 1.15 bits per heavy atom. The predicted octanol–water partition coefficient (Wildman–Crippen LogP) is 14.6. The Labute approximate surface area is 320 Å². The number of hydrogen-bond donors (Lipinski definition) is 0. The number of fused-ring (bicyclic) bond motifs is 5. The molecular weight excluding hydrogens is 673 g/mol. The highest BCUT2D eigenvalue weighted by Crippen LogP contribution is 2.43. The minimum Gasteiger partial charge on any atom is -0.456 e. The number of furan rings is 2.